The highest BCUT2D eigenvalue weighted by Crippen LogP contribution is 2.37. The van der Waals surface area contributed by atoms with Crippen molar-refractivity contribution >= 4 is 18.5 Å². The minimum Gasteiger partial charge on any atom is -0.342 e. The second-order valence-corrected chi connectivity index (χ2v) is 6.13. The summed E-state index contributed by atoms with van der Waals surface area (Å²) in [6, 6.07) is 7.86. The molecular weight excluding hydrogens is 254 g/mol. The first-order valence-corrected chi connectivity index (χ1v) is 7.59. The molecule has 1 aliphatic heterocycles. The molecule has 1 aromatic rings. The topological polar surface area (TPSA) is 20.3 Å². The summed E-state index contributed by atoms with van der Waals surface area (Å²) < 4.78 is 0. The summed E-state index contributed by atoms with van der Waals surface area (Å²) in [5.41, 5.74) is 1.44. The van der Waals surface area contributed by atoms with Gasteiger partial charge in [-0.15, -0.1) is 12.6 Å². The number of rotatable bonds is 4. The third kappa shape index (κ3) is 3.33. The van der Waals surface area contributed by atoms with Crippen molar-refractivity contribution in [3.8, 4) is 0 Å². The van der Waals surface area contributed by atoms with Crippen LogP contribution in [0.4, 0.5) is 0 Å². The number of carbonyl (C=O) groups is 1. The number of hydrogen-bond donors (Lipinski definition) is 1. The van der Waals surface area contributed by atoms with E-state index in [1.807, 2.05) is 29.2 Å². The van der Waals surface area contributed by atoms with E-state index >= 15 is 0 Å². The molecule has 2 rings (SSSR count). The normalized spacial score (nSPS) is 17.7. The molecule has 1 aliphatic rings. The summed E-state index contributed by atoms with van der Waals surface area (Å²) in [4.78, 5) is 15.3. The highest BCUT2D eigenvalue weighted by atomic mass is 32.1. The third-order valence-corrected chi connectivity index (χ3v) is 4.88. The summed E-state index contributed by atoms with van der Waals surface area (Å²) in [6.07, 6.45) is 4.00. The predicted octanol–water partition coefficient (Wildman–Crippen LogP) is 3.56. The maximum absolute atomic E-state index is 12.3. The largest absolute Gasteiger partial charge is 0.342 e. The summed E-state index contributed by atoms with van der Waals surface area (Å²) in [5.74, 6) is 0.260. The molecule has 104 valence electrons. The van der Waals surface area contributed by atoms with Gasteiger partial charge in [-0.25, -0.2) is 0 Å². The van der Waals surface area contributed by atoms with Crippen LogP contribution in [0.15, 0.2) is 29.2 Å². The molecule has 1 heterocycles. The van der Waals surface area contributed by atoms with E-state index in [2.05, 4.69) is 26.5 Å². The lowest BCUT2D eigenvalue weighted by Crippen LogP contribution is -2.32. The molecule has 2 nitrogen and oxygen atoms in total. The lowest BCUT2D eigenvalue weighted by Gasteiger charge is -2.26. The predicted molar refractivity (Wildman–Crippen MR) is 81.6 cm³/mol. The summed E-state index contributed by atoms with van der Waals surface area (Å²) in [5, 5.41) is 0. The molecule has 1 fully saturated rings. The van der Waals surface area contributed by atoms with E-state index in [0.717, 1.165) is 30.0 Å². The van der Waals surface area contributed by atoms with Crippen LogP contribution in [0.25, 0.3) is 0 Å². The molecule has 0 saturated carbocycles. The van der Waals surface area contributed by atoms with Gasteiger partial charge in [0.15, 0.2) is 0 Å². The maximum Gasteiger partial charge on any atom is 0.227 e. The van der Waals surface area contributed by atoms with E-state index < -0.39 is 0 Å². The van der Waals surface area contributed by atoms with Gasteiger partial charge < -0.3 is 4.90 Å². The smallest absolute Gasteiger partial charge is 0.227 e. The van der Waals surface area contributed by atoms with Crippen molar-refractivity contribution < 1.29 is 4.79 Å². The number of likely N-dealkylation sites (tertiary alicyclic amines) is 1. The molecule has 0 aromatic heterocycles. The van der Waals surface area contributed by atoms with Crippen molar-refractivity contribution in [3.05, 3.63) is 29.8 Å². The Kier molecular flexibility index (Phi) is 4.56. The number of thiol groups is 1. The Morgan fingerprint density at radius 2 is 1.89 bits per heavy atom. The van der Waals surface area contributed by atoms with Crippen LogP contribution in [0.1, 0.15) is 38.7 Å². The van der Waals surface area contributed by atoms with Gasteiger partial charge in [-0.1, -0.05) is 26.0 Å². The van der Waals surface area contributed by atoms with Crippen LogP contribution in [0, 0.1) is 5.41 Å². The highest BCUT2D eigenvalue weighted by Gasteiger charge is 2.36. The van der Waals surface area contributed by atoms with E-state index in [0.29, 0.717) is 11.8 Å². The van der Waals surface area contributed by atoms with Crippen LogP contribution in [0.5, 0.6) is 0 Å². The zero-order valence-electron chi connectivity index (χ0n) is 11.9. The average Bonchev–Trinajstić information content (AvgIpc) is 2.87. The van der Waals surface area contributed by atoms with E-state index in [1.165, 1.54) is 12.8 Å². The highest BCUT2D eigenvalue weighted by molar-refractivity contribution is 7.80. The van der Waals surface area contributed by atoms with Crippen LogP contribution in [-0.4, -0.2) is 23.9 Å². The minimum absolute atomic E-state index is 0.260. The first-order valence-electron chi connectivity index (χ1n) is 7.14. The molecule has 0 unspecified atom stereocenters. The molecule has 0 aliphatic carbocycles. The van der Waals surface area contributed by atoms with Gasteiger partial charge in [0.25, 0.3) is 0 Å². The van der Waals surface area contributed by atoms with Crippen molar-refractivity contribution in [3.63, 3.8) is 0 Å². The van der Waals surface area contributed by atoms with Crippen LogP contribution in [-0.2, 0) is 11.2 Å². The SMILES string of the molecule is CCC1(CC)CCN(C(=O)Cc2ccc(S)cc2)C1. The zero-order chi connectivity index (χ0) is 13.9. The van der Waals surface area contributed by atoms with E-state index in [-0.39, 0.29) is 5.91 Å². The number of benzene rings is 1. The minimum atomic E-state index is 0.260. The first-order chi connectivity index (χ1) is 9.08. The van der Waals surface area contributed by atoms with E-state index in [9.17, 15) is 4.79 Å². The van der Waals surface area contributed by atoms with Gasteiger partial charge in [0.05, 0.1) is 6.42 Å². The second kappa shape index (κ2) is 6.00. The third-order valence-electron chi connectivity index (χ3n) is 4.58. The Balaban J connectivity index is 1.96. The fraction of sp³-hybridized carbons (Fsp3) is 0.562. The monoisotopic (exact) mass is 277 g/mol. The van der Waals surface area contributed by atoms with Crippen molar-refractivity contribution in [1.82, 2.24) is 4.90 Å². The second-order valence-electron chi connectivity index (χ2n) is 5.62. The van der Waals surface area contributed by atoms with Crippen molar-refractivity contribution in [2.45, 2.75) is 44.4 Å². The number of hydrogen-bond acceptors (Lipinski definition) is 2. The van der Waals surface area contributed by atoms with Gasteiger partial charge >= 0.3 is 0 Å². The molecule has 0 spiro atoms. The van der Waals surface area contributed by atoms with Crippen LogP contribution >= 0.6 is 12.6 Å². The fourth-order valence-electron chi connectivity index (χ4n) is 2.88. The first kappa shape index (κ1) is 14.4. The number of amides is 1. The lowest BCUT2D eigenvalue weighted by atomic mass is 9.82. The van der Waals surface area contributed by atoms with Gasteiger partial charge in [0.1, 0.15) is 0 Å². The molecule has 1 saturated heterocycles. The molecule has 0 bridgehead atoms. The summed E-state index contributed by atoms with van der Waals surface area (Å²) in [6.45, 7) is 6.33. The van der Waals surface area contributed by atoms with E-state index in [1.54, 1.807) is 0 Å². The van der Waals surface area contributed by atoms with Gasteiger partial charge in [0, 0.05) is 18.0 Å². The maximum atomic E-state index is 12.3. The Bertz CT molecular complexity index is 437. The number of carbonyl (C=O) groups excluding carboxylic acids is 1. The van der Waals surface area contributed by atoms with Crippen molar-refractivity contribution in [2.75, 3.05) is 13.1 Å². The molecule has 0 N–H and O–H groups in total. The van der Waals surface area contributed by atoms with Crippen LogP contribution in [0.3, 0.4) is 0 Å². The van der Waals surface area contributed by atoms with Gasteiger partial charge in [0.2, 0.25) is 5.91 Å². The Hall–Kier alpha value is -0.960. The molecule has 19 heavy (non-hydrogen) atoms. The van der Waals surface area contributed by atoms with Gasteiger partial charge in [-0.05, 0) is 42.4 Å². The Morgan fingerprint density at radius 1 is 1.26 bits per heavy atom. The van der Waals surface area contributed by atoms with Crippen LogP contribution in [0.2, 0.25) is 0 Å². The Morgan fingerprint density at radius 3 is 2.42 bits per heavy atom. The zero-order valence-corrected chi connectivity index (χ0v) is 12.7. The molecule has 0 atom stereocenters. The molecule has 1 aromatic carbocycles. The number of nitrogens with zero attached hydrogens (tertiary/aromatic N) is 1. The summed E-state index contributed by atoms with van der Waals surface area (Å²) in [7, 11) is 0. The van der Waals surface area contributed by atoms with E-state index in [4.69, 9.17) is 0 Å². The molecular formula is C16H23NOS. The average molecular weight is 277 g/mol. The molecule has 3 heteroatoms. The molecule has 1 amide bonds. The van der Waals surface area contributed by atoms with Gasteiger partial charge in [-0.2, -0.15) is 0 Å². The summed E-state index contributed by atoms with van der Waals surface area (Å²) >= 11 is 4.26. The van der Waals surface area contributed by atoms with Crippen molar-refractivity contribution in [1.29, 1.82) is 0 Å². The van der Waals surface area contributed by atoms with Gasteiger partial charge in [-0.3, -0.25) is 4.79 Å². The standard InChI is InChI=1S/C16H23NOS/c1-3-16(4-2)9-10-17(12-16)15(18)11-13-5-7-14(19)8-6-13/h5-8,19H,3-4,9-12H2,1-2H3. The Labute approximate surface area is 121 Å². The molecule has 0 radical (unpaired) electrons. The van der Waals surface area contributed by atoms with Crippen molar-refractivity contribution in [2.24, 2.45) is 5.41 Å². The van der Waals surface area contributed by atoms with Crippen LogP contribution < -0.4 is 0 Å². The quantitative estimate of drug-likeness (QED) is 0.834. The fourth-order valence-corrected chi connectivity index (χ4v) is 3.02. The lowest BCUT2D eigenvalue weighted by molar-refractivity contribution is -0.129.